The van der Waals surface area contributed by atoms with Crippen molar-refractivity contribution < 1.29 is 4.79 Å². The molecule has 1 unspecified atom stereocenters. The maximum absolute atomic E-state index is 11.6. The van der Waals surface area contributed by atoms with Crippen molar-refractivity contribution in [1.82, 2.24) is 0 Å². The molecule has 0 aromatic heterocycles. The maximum Gasteiger partial charge on any atom is 0.181 e. The Kier molecular flexibility index (Phi) is 3.27. The molecule has 1 rings (SSSR count). The summed E-state index contributed by atoms with van der Waals surface area (Å²) in [7, 11) is 0. The van der Waals surface area contributed by atoms with E-state index < -0.39 is 5.38 Å². The number of Topliss-reactive ketones (excluding diaryl/α,β-unsaturated/α-hetero) is 1. The van der Waals surface area contributed by atoms with Gasteiger partial charge < -0.3 is 0 Å². The topological polar surface area (TPSA) is 40.9 Å². The fourth-order valence-electron chi connectivity index (χ4n) is 1.18. The highest BCUT2D eigenvalue weighted by atomic mass is 35.5. The van der Waals surface area contributed by atoms with Crippen LogP contribution in [0.15, 0.2) is 18.2 Å². The summed E-state index contributed by atoms with van der Waals surface area (Å²) in [4.78, 5) is 11.6. The van der Waals surface area contributed by atoms with Gasteiger partial charge >= 0.3 is 0 Å². The van der Waals surface area contributed by atoms with Gasteiger partial charge in [0.1, 0.15) is 0 Å². The van der Waals surface area contributed by atoms with Crippen LogP contribution in [0.2, 0.25) is 0 Å². The van der Waals surface area contributed by atoms with Gasteiger partial charge in [0.15, 0.2) is 5.78 Å². The van der Waals surface area contributed by atoms with Gasteiger partial charge in [0, 0.05) is 5.56 Å². The molecule has 1 aromatic rings. The van der Waals surface area contributed by atoms with E-state index in [1.54, 1.807) is 25.1 Å². The summed E-state index contributed by atoms with van der Waals surface area (Å²) >= 11 is 5.67. The second-order valence-electron chi connectivity index (χ2n) is 3.14. The van der Waals surface area contributed by atoms with Gasteiger partial charge in [0.25, 0.3) is 0 Å². The Labute approximate surface area is 88.1 Å². The molecule has 0 aliphatic rings. The number of carbonyl (C=O) groups excluding carboxylic acids is 1. The number of hydrogen-bond acceptors (Lipinski definition) is 2. The normalized spacial score (nSPS) is 11.9. The Morgan fingerprint density at radius 3 is 2.71 bits per heavy atom. The van der Waals surface area contributed by atoms with Crippen molar-refractivity contribution in [3.8, 4) is 6.07 Å². The Morgan fingerprint density at radius 2 is 2.21 bits per heavy atom. The predicted molar refractivity (Wildman–Crippen MR) is 55.5 cm³/mol. The molecule has 0 spiro atoms. The molecule has 72 valence electrons. The number of benzene rings is 1. The van der Waals surface area contributed by atoms with Gasteiger partial charge in [0.05, 0.1) is 17.0 Å². The van der Waals surface area contributed by atoms with Crippen molar-refractivity contribution in [1.29, 1.82) is 5.26 Å². The van der Waals surface area contributed by atoms with Crippen LogP contribution in [-0.2, 0) is 0 Å². The highest BCUT2D eigenvalue weighted by Crippen LogP contribution is 2.14. The summed E-state index contributed by atoms with van der Waals surface area (Å²) in [5.74, 6) is -0.205. The largest absolute Gasteiger partial charge is 0.292 e. The first-order chi connectivity index (χ1) is 6.56. The first-order valence-corrected chi connectivity index (χ1v) is 4.69. The molecule has 0 N–H and O–H groups in total. The minimum Gasteiger partial charge on any atom is -0.292 e. The smallest absolute Gasteiger partial charge is 0.181 e. The van der Waals surface area contributed by atoms with E-state index in [1.165, 1.54) is 0 Å². The number of nitrogens with zero attached hydrogens (tertiary/aromatic N) is 1. The number of halogens is 1. The standard InChI is InChI=1S/C11H10ClNO/c1-7-3-4-10(9(5-7)6-13)11(14)8(2)12/h3-5,8H,1-2H3. The van der Waals surface area contributed by atoms with Gasteiger partial charge in [-0.1, -0.05) is 6.07 Å². The summed E-state index contributed by atoms with van der Waals surface area (Å²) in [6, 6.07) is 7.13. The van der Waals surface area contributed by atoms with E-state index in [2.05, 4.69) is 0 Å². The highest BCUT2D eigenvalue weighted by Gasteiger charge is 2.15. The Hall–Kier alpha value is -1.33. The van der Waals surface area contributed by atoms with E-state index in [0.29, 0.717) is 11.1 Å². The van der Waals surface area contributed by atoms with Gasteiger partial charge in [-0.15, -0.1) is 11.6 Å². The quantitative estimate of drug-likeness (QED) is 0.553. The number of aryl methyl sites for hydroxylation is 1. The lowest BCUT2D eigenvalue weighted by atomic mass is 10.0. The monoisotopic (exact) mass is 207 g/mol. The molecule has 3 heteroatoms. The van der Waals surface area contributed by atoms with E-state index in [9.17, 15) is 4.79 Å². The number of hydrogen-bond donors (Lipinski definition) is 0. The zero-order chi connectivity index (χ0) is 10.7. The Morgan fingerprint density at radius 1 is 1.57 bits per heavy atom. The van der Waals surface area contributed by atoms with Crippen LogP contribution >= 0.6 is 11.6 Å². The highest BCUT2D eigenvalue weighted by molar-refractivity contribution is 6.33. The van der Waals surface area contributed by atoms with E-state index in [0.717, 1.165) is 5.56 Å². The van der Waals surface area contributed by atoms with Crippen molar-refractivity contribution in [2.24, 2.45) is 0 Å². The van der Waals surface area contributed by atoms with Crippen LogP contribution in [0.4, 0.5) is 0 Å². The molecule has 0 aliphatic carbocycles. The van der Waals surface area contributed by atoms with E-state index in [1.807, 2.05) is 13.0 Å². The fourth-order valence-corrected chi connectivity index (χ4v) is 1.30. The first kappa shape index (κ1) is 10.7. The molecule has 1 aromatic carbocycles. The number of carbonyl (C=O) groups is 1. The second kappa shape index (κ2) is 4.26. The summed E-state index contributed by atoms with van der Waals surface area (Å²) in [6.07, 6.45) is 0. The van der Waals surface area contributed by atoms with Gasteiger partial charge in [-0.2, -0.15) is 5.26 Å². The molecule has 0 aliphatic heterocycles. The number of rotatable bonds is 2. The average Bonchev–Trinajstić information content (AvgIpc) is 2.16. The van der Waals surface area contributed by atoms with E-state index in [-0.39, 0.29) is 5.78 Å². The third-order valence-corrected chi connectivity index (χ3v) is 2.12. The van der Waals surface area contributed by atoms with Crippen LogP contribution in [0, 0.1) is 18.3 Å². The van der Waals surface area contributed by atoms with Crippen molar-refractivity contribution in [3.63, 3.8) is 0 Å². The van der Waals surface area contributed by atoms with Crippen LogP contribution in [0.5, 0.6) is 0 Å². The zero-order valence-corrected chi connectivity index (χ0v) is 8.80. The zero-order valence-electron chi connectivity index (χ0n) is 8.04. The third kappa shape index (κ3) is 2.12. The summed E-state index contributed by atoms with van der Waals surface area (Å²) in [6.45, 7) is 3.48. The molecule has 14 heavy (non-hydrogen) atoms. The van der Waals surface area contributed by atoms with Gasteiger partial charge in [-0.05, 0) is 31.5 Å². The molecule has 2 nitrogen and oxygen atoms in total. The molecule has 0 saturated heterocycles. The third-order valence-electron chi connectivity index (χ3n) is 1.92. The molecular weight excluding hydrogens is 198 g/mol. The van der Waals surface area contributed by atoms with Crippen LogP contribution < -0.4 is 0 Å². The van der Waals surface area contributed by atoms with E-state index >= 15 is 0 Å². The predicted octanol–water partition coefficient (Wildman–Crippen LogP) is 2.68. The Balaban J connectivity index is 3.23. The molecule has 0 amide bonds. The van der Waals surface area contributed by atoms with Crippen molar-refractivity contribution >= 4 is 17.4 Å². The molecule has 0 fully saturated rings. The number of alkyl halides is 1. The Bertz CT molecular complexity index is 404. The lowest BCUT2D eigenvalue weighted by Crippen LogP contribution is -2.12. The molecule has 0 heterocycles. The van der Waals surface area contributed by atoms with Crippen molar-refractivity contribution in [2.45, 2.75) is 19.2 Å². The maximum atomic E-state index is 11.6. The second-order valence-corrected chi connectivity index (χ2v) is 3.80. The van der Waals surface area contributed by atoms with Crippen LogP contribution in [0.3, 0.4) is 0 Å². The summed E-state index contributed by atoms with van der Waals surface area (Å²) in [5, 5.41) is 8.24. The first-order valence-electron chi connectivity index (χ1n) is 4.25. The van der Waals surface area contributed by atoms with Gasteiger partial charge in [-0.3, -0.25) is 4.79 Å². The molecule has 0 saturated carbocycles. The van der Waals surface area contributed by atoms with Crippen LogP contribution in [-0.4, -0.2) is 11.2 Å². The molecule has 0 bridgehead atoms. The summed E-state index contributed by atoms with van der Waals surface area (Å²) < 4.78 is 0. The minimum absolute atomic E-state index is 0.205. The van der Waals surface area contributed by atoms with Crippen molar-refractivity contribution in [3.05, 3.63) is 34.9 Å². The number of nitriles is 1. The molecule has 1 atom stereocenters. The fraction of sp³-hybridized carbons (Fsp3) is 0.273. The molecule has 0 radical (unpaired) electrons. The van der Waals surface area contributed by atoms with Crippen molar-refractivity contribution in [2.75, 3.05) is 0 Å². The van der Waals surface area contributed by atoms with Gasteiger partial charge in [0.2, 0.25) is 0 Å². The van der Waals surface area contributed by atoms with Crippen LogP contribution in [0.25, 0.3) is 0 Å². The molecular formula is C11H10ClNO. The average molecular weight is 208 g/mol. The SMILES string of the molecule is Cc1ccc(C(=O)C(C)Cl)c(C#N)c1. The van der Waals surface area contributed by atoms with E-state index in [4.69, 9.17) is 16.9 Å². The van der Waals surface area contributed by atoms with Gasteiger partial charge in [-0.25, -0.2) is 0 Å². The lowest BCUT2D eigenvalue weighted by molar-refractivity contribution is 0.0991. The van der Waals surface area contributed by atoms with Crippen LogP contribution in [0.1, 0.15) is 28.4 Å². The minimum atomic E-state index is -0.593. The lowest BCUT2D eigenvalue weighted by Gasteiger charge is -2.05. The summed E-state index contributed by atoms with van der Waals surface area (Å²) in [5.41, 5.74) is 1.75. The number of ketones is 1.